The van der Waals surface area contributed by atoms with Crippen LogP contribution in [-0.2, 0) is 0 Å². The quantitative estimate of drug-likeness (QED) is 0.408. The number of nitrogens with one attached hydrogen (secondary N) is 1. The van der Waals surface area contributed by atoms with Gasteiger partial charge < -0.3 is 0 Å². The standard InChI is InChI=1S/C27H18IN3O/c28-22-13-7-6-12-21(22)23-24(25(32)19-9-2-1-3-10-19)31-15-14-18-8-4-5-11-20(18)26(31)27(23,16-29)17-30/h1-15,23-24,26H/p+1/t23-,24+,26-/m0/s1. The van der Waals surface area contributed by atoms with Crippen molar-refractivity contribution in [2.24, 2.45) is 5.41 Å². The topological polar surface area (TPSA) is 69.1 Å². The first-order chi connectivity index (χ1) is 15.6. The monoisotopic (exact) mass is 528 g/mol. The molecule has 4 atom stereocenters. The van der Waals surface area contributed by atoms with E-state index in [-0.39, 0.29) is 5.78 Å². The Labute approximate surface area is 200 Å². The molecule has 0 aromatic heterocycles. The van der Waals surface area contributed by atoms with E-state index >= 15 is 0 Å². The lowest BCUT2D eigenvalue weighted by Gasteiger charge is -2.29. The molecule has 0 aliphatic carbocycles. The van der Waals surface area contributed by atoms with Gasteiger partial charge in [-0.15, -0.1) is 0 Å². The highest BCUT2D eigenvalue weighted by Crippen LogP contribution is 2.52. The van der Waals surface area contributed by atoms with Crippen LogP contribution >= 0.6 is 22.6 Å². The number of nitriles is 2. The van der Waals surface area contributed by atoms with Gasteiger partial charge >= 0.3 is 0 Å². The molecule has 2 aliphatic heterocycles. The van der Waals surface area contributed by atoms with Crippen LogP contribution in [0.1, 0.15) is 39.0 Å². The zero-order valence-corrected chi connectivity index (χ0v) is 19.2. The highest BCUT2D eigenvalue weighted by molar-refractivity contribution is 14.1. The van der Waals surface area contributed by atoms with Crippen LogP contribution in [0.5, 0.6) is 0 Å². The molecule has 1 saturated heterocycles. The molecule has 4 nitrogen and oxygen atoms in total. The summed E-state index contributed by atoms with van der Waals surface area (Å²) >= 11 is 2.24. The van der Waals surface area contributed by atoms with Gasteiger partial charge in [-0.1, -0.05) is 72.8 Å². The van der Waals surface area contributed by atoms with Crippen LogP contribution in [0, 0.1) is 31.6 Å². The second-order valence-corrected chi connectivity index (χ2v) is 9.36. The Kier molecular flexibility index (Phi) is 5.17. The van der Waals surface area contributed by atoms with Gasteiger partial charge in [-0.3, -0.25) is 9.69 Å². The van der Waals surface area contributed by atoms with E-state index in [4.69, 9.17) is 0 Å². The van der Waals surface area contributed by atoms with Crippen LogP contribution in [-0.4, -0.2) is 11.8 Å². The molecule has 1 fully saturated rings. The van der Waals surface area contributed by atoms with Crippen LogP contribution in [0.4, 0.5) is 0 Å². The average Bonchev–Trinajstić information content (AvgIpc) is 3.15. The van der Waals surface area contributed by atoms with Crippen molar-refractivity contribution in [3.05, 3.63) is 111 Å². The van der Waals surface area contributed by atoms with Crippen LogP contribution in [0.3, 0.4) is 0 Å². The van der Waals surface area contributed by atoms with Crippen molar-refractivity contribution in [1.82, 2.24) is 0 Å². The van der Waals surface area contributed by atoms with Crippen LogP contribution in [0.25, 0.3) is 6.08 Å². The first-order valence-corrected chi connectivity index (χ1v) is 11.5. The lowest BCUT2D eigenvalue weighted by molar-refractivity contribution is -0.885. The molecule has 1 unspecified atom stereocenters. The molecule has 5 rings (SSSR count). The normalized spacial score (nSPS) is 24.6. The fourth-order valence-corrected chi connectivity index (χ4v) is 6.07. The molecule has 32 heavy (non-hydrogen) atoms. The number of hydrogen-bond acceptors (Lipinski definition) is 3. The molecule has 0 amide bonds. The first-order valence-electron chi connectivity index (χ1n) is 10.4. The number of fused-ring (bicyclic) bond motifs is 3. The summed E-state index contributed by atoms with van der Waals surface area (Å²) in [6, 6.07) is 28.6. The van der Waals surface area contributed by atoms with Gasteiger partial charge in [-0.2, -0.15) is 10.5 Å². The number of nitrogens with zero attached hydrogens (tertiary/aromatic N) is 2. The van der Waals surface area contributed by atoms with Crippen molar-refractivity contribution in [3.63, 3.8) is 0 Å². The van der Waals surface area contributed by atoms with Crippen molar-refractivity contribution < 1.29 is 9.69 Å². The number of rotatable bonds is 3. The Morgan fingerprint density at radius 1 is 0.875 bits per heavy atom. The summed E-state index contributed by atoms with van der Waals surface area (Å²) in [6.45, 7) is 0. The Hall–Kier alpha value is -3.26. The Bertz CT molecular complexity index is 1300. The highest BCUT2D eigenvalue weighted by atomic mass is 127. The van der Waals surface area contributed by atoms with Crippen molar-refractivity contribution in [2.45, 2.75) is 18.0 Å². The number of carbonyl (C=O) groups is 1. The number of halogens is 1. The maximum absolute atomic E-state index is 14.0. The van der Waals surface area contributed by atoms with Gasteiger partial charge in [0.1, 0.15) is 0 Å². The van der Waals surface area contributed by atoms with Gasteiger partial charge in [0.2, 0.25) is 11.2 Å². The Morgan fingerprint density at radius 2 is 1.50 bits per heavy atom. The van der Waals surface area contributed by atoms with Crippen molar-refractivity contribution in [3.8, 4) is 12.1 Å². The minimum atomic E-state index is -1.40. The number of hydrogen-bond donors (Lipinski definition) is 1. The van der Waals surface area contributed by atoms with Crippen LogP contribution in [0.15, 0.2) is 85.1 Å². The molecule has 0 saturated carbocycles. The van der Waals surface area contributed by atoms with Gasteiger partial charge in [-0.25, -0.2) is 0 Å². The Morgan fingerprint density at radius 3 is 2.19 bits per heavy atom. The third-order valence-electron chi connectivity index (χ3n) is 6.69. The Balaban J connectivity index is 1.80. The van der Waals surface area contributed by atoms with Crippen molar-refractivity contribution in [2.75, 3.05) is 0 Å². The SMILES string of the molecule is N#CC1(C#N)[C@@H]2c3ccccc3C=C[NH+]2[C@@H](C(=O)c2ccccc2)[C@@H]1c1ccccc1I. The van der Waals surface area contributed by atoms with Crippen molar-refractivity contribution >= 4 is 34.5 Å². The van der Waals surface area contributed by atoms with Crippen molar-refractivity contribution in [1.29, 1.82) is 10.5 Å². The minimum Gasteiger partial charge on any atom is -0.291 e. The molecular weight excluding hydrogens is 509 g/mol. The second kappa shape index (κ2) is 8.02. The maximum atomic E-state index is 14.0. The fourth-order valence-electron chi connectivity index (χ4n) is 5.34. The fraction of sp³-hybridized carbons (Fsp3) is 0.148. The second-order valence-electron chi connectivity index (χ2n) is 8.20. The summed E-state index contributed by atoms with van der Waals surface area (Å²) in [5.74, 6) is -0.624. The summed E-state index contributed by atoms with van der Waals surface area (Å²) in [7, 11) is 0. The van der Waals surface area contributed by atoms with E-state index < -0.39 is 23.4 Å². The maximum Gasteiger partial charge on any atom is 0.221 e. The zero-order valence-electron chi connectivity index (χ0n) is 17.1. The predicted octanol–water partition coefficient (Wildman–Crippen LogP) is 4.28. The van der Waals surface area contributed by atoms with Crippen LogP contribution in [0.2, 0.25) is 0 Å². The van der Waals surface area contributed by atoms with Gasteiger partial charge in [0.15, 0.2) is 12.1 Å². The van der Waals surface area contributed by atoms with Gasteiger partial charge in [0.05, 0.1) is 24.3 Å². The van der Waals surface area contributed by atoms with Gasteiger partial charge in [0, 0.05) is 14.7 Å². The molecule has 154 valence electrons. The zero-order chi connectivity index (χ0) is 22.3. The number of Topliss-reactive ketones (excluding diaryl/α,β-unsaturated/α-hetero) is 1. The van der Waals surface area contributed by atoms with E-state index in [9.17, 15) is 15.3 Å². The minimum absolute atomic E-state index is 0.0494. The lowest BCUT2D eigenvalue weighted by atomic mass is 9.67. The molecule has 1 N–H and O–H groups in total. The van der Waals surface area contributed by atoms with E-state index in [0.29, 0.717) is 5.56 Å². The molecule has 3 aromatic carbocycles. The third-order valence-corrected chi connectivity index (χ3v) is 7.67. The van der Waals surface area contributed by atoms with E-state index in [1.165, 1.54) is 0 Å². The summed E-state index contributed by atoms with van der Waals surface area (Å²) in [4.78, 5) is 14.8. The highest BCUT2D eigenvalue weighted by Gasteiger charge is 2.68. The van der Waals surface area contributed by atoms with E-state index in [1.807, 2.05) is 91.1 Å². The van der Waals surface area contributed by atoms with Gasteiger partial charge in [0.25, 0.3) is 0 Å². The molecule has 0 spiro atoms. The first kappa shape index (κ1) is 20.6. The van der Waals surface area contributed by atoms with E-state index in [1.54, 1.807) is 0 Å². The molecule has 3 aromatic rings. The molecule has 0 radical (unpaired) electrons. The molecule has 2 heterocycles. The lowest BCUT2D eigenvalue weighted by Crippen LogP contribution is -3.11. The largest absolute Gasteiger partial charge is 0.291 e. The summed E-state index contributed by atoms with van der Waals surface area (Å²) < 4.78 is 0.951. The summed E-state index contributed by atoms with van der Waals surface area (Å²) in [5.41, 5.74) is 2.00. The number of quaternary nitrogens is 1. The summed E-state index contributed by atoms with van der Waals surface area (Å²) in [6.07, 6.45) is 3.97. The molecular formula is C27H19IN3O+. The molecule has 2 aliphatic rings. The number of ketones is 1. The smallest absolute Gasteiger partial charge is 0.221 e. The van der Waals surface area contributed by atoms with E-state index in [2.05, 4.69) is 34.7 Å². The predicted molar refractivity (Wildman–Crippen MR) is 129 cm³/mol. The van der Waals surface area contributed by atoms with Gasteiger partial charge in [-0.05, 0) is 45.9 Å². The number of benzene rings is 3. The molecule has 5 heteroatoms. The average molecular weight is 528 g/mol. The van der Waals surface area contributed by atoms with E-state index in [0.717, 1.165) is 25.2 Å². The number of carbonyl (C=O) groups excluding carboxylic acids is 1. The van der Waals surface area contributed by atoms with Crippen LogP contribution < -0.4 is 4.90 Å². The molecule has 0 bridgehead atoms. The third kappa shape index (κ3) is 2.93. The summed E-state index contributed by atoms with van der Waals surface area (Å²) in [5, 5.41) is 21.1.